The van der Waals surface area contributed by atoms with Gasteiger partial charge in [-0.1, -0.05) is 23.2 Å². The highest BCUT2D eigenvalue weighted by atomic mass is 35.5. The Balaban J connectivity index is 2.61. The van der Waals surface area contributed by atoms with E-state index in [1.54, 1.807) is 24.1 Å². The molecule has 0 saturated carbocycles. The number of hydrogen-bond donors (Lipinski definition) is 0. The second-order valence-corrected chi connectivity index (χ2v) is 7.49. The van der Waals surface area contributed by atoms with Crippen molar-refractivity contribution in [1.82, 2.24) is 4.90 Å². The second kappa shape index (κ2) is 6.70. The van der Waals surface area contributed by atoms with Crippen molar-refractivity contribution in [3.8, 4) is 0 Å². The lowest BCUT2D eigenvalue weighted by Crippen LogP contribution is -2.30. The highest BCUT2D eigenvalue weighted by molar-refractivity contribution is 7.90. The summed E-state index contributed by atoms with van der Waals surface area (Å²) < 4.78 is 22.1. The van der Waals surface area contributed by atoms with E-state index in [-0.39, 0.29) is 18.1 Å². The molecule has 1 aromatic rings. The number of carbonyl (C=O) groups excluding carboxylic acids is 1. The summed E-state index contributed by atoms with van der Waals surface area (Å²) in [5, 5.41) is 0.718. The Morgan fingerprint density at radius 2 is 1.89 bits per heavy atom. The number of halogens is 2. The van der Waals surface area contributed by atoms with E-state index in [9.17, 15) is 13.2 Å². The Hall–Kier alpha value is -0.620. The number of sulfone groups is 1. The zero-order valence-electron chi connectivity index (χ0n) is 10.7. The lowest BCUT2D eigenvalue weighted by Gasteiger charge is -2.15. The van der Waals surface area contributed by atoms with Crippen LogP contribution in [0.2, 0.25) is 10.0 Å². The van der Waals surface area contributed by atoms with Gasteiger partial charge in [0, 0.05) is 18.4 Å². The van der Waals surface area contributed by atoms with E-state index in [1.807, 2.05) is 0 Å². The van der Waals surface area contributed by atoms with Gasteiger partial charge in [-0.25, -0.2) is 8.42 Å². The molecular formula is C12H15Cl2NO3S. The molecule has 0 unspecified atom stereocenters. The molecule has 0 spiro atoms. The molecule has 0 amide bonds. The van der Waals surface area contributed by atoms with Crippen molar-refractivity contribution in [2.45, 2.75) is 0 Å². The highest BCUT2D eigenvalue weighted by Crippen LogP contribution is 2.22. The van der Waals surface area contributed by atoms with Crippen LogP contribution in [0, 0.1) is 0 Å². The Morgan fingerprint density at radius 1 is 1.26 bits per heavy atom. The van der Waals surface area contributed by atoms with Crippen LogP contribution < -0.4 is 0 Å². The lowest BCUT2D eigenvalue weighted by molar-refractivity contribution is 0.0949. The molecule has 1 aromatic carbocycles. The number of carbonyl (C=O) groups is 1. The van der Waals surface area contributed by atoms with Crippen molar-refractivity contribution in [3.05, 3.63) is 33.8 Å². The summed E-state index contributed by atoms with van der Waals surface area (Å²) in [5.74, 6) is -0.104. The van der Waals surface area contributed by atoms with Gasteiger partial charge >= 0.3 is 0 Å². The summed E-state index contributed by atoms with van der Waals surface area (Å²) in [7, 11) is -1.33. The third-order valence-electron chi connectivity index (χ3n) is 2.50. The molecule has 0 saturated heterocycles. The minimum atomic E-state index is -3.02. The monoisotopic (exact) mass is 323 g/mol. The van der Waals surface area contributed by atoms with E-state index in [2.05, 4.69) is 0 Å². The number of likely N-dealkylation sites (N-methyl/N-ethyl adjacent to an activating group) is 1. The SMILES string of the molecule is CN(CCS(C)(=O)=O)CC(=O)c1ccc(Cl)c(Cl)c1. The first kappa shape index (κ1) is 16.4. The fourth-order valence-corrected chi connectivity index (χ4v) is 2.35. The zero-order valence-corrected chi connectivity index (χ0v) is 13.0. The summed E-state index contributed by atoms with van der Waals surface area (Å²) in [6.45, 7) is 0.444. The van der Waals surface area contributed by atoms with Crippen molar-refractivity contribution in [2.75, 3.05) is 32.1 Å². The van der Waals surface area contributed by atoms with Crippen molar-refractivity contribution < 1.29 is 13.2 Å². The largest absolute Gasteiger partial charge is 0.298 e. The summed E-state index contributed by atoms with van der Waals surface area (Å²) >= 11 is 11.6. The molecule has 0 N–H and O–H groups in total. The molecule has 1 rings (SSSR count). The molecule has 0 aliphatic rings. The van der Waals surface area contributed by atoms with Gasteiger partial charge < -0.3 is 0 Å². The van der Waals surface area contributed by atoms with Crippen molar-refractivity contribution >= 4 is 38.8 Å². The van der Waals surface area contributed by atoms with Crippen LogP contribution in [-0.4, -0.2) is 51.2 Å². The van der Waals surface area contributed by atoms with Gasteiger partial charge in [0.15, 0.2) is 5.78 Å². The molecule has 0 radical (unpaired) electrons. The van der Waals surface area contributed by atoms with E-state index in [1.165, 1.54) is 12.3 Å². The van der Waals surface area contributed by atoms with E-state index in [0.717, 1.165) is 0 Å². The Labute approximate surface area is 123 Å². The van der Waals surface area contributed by atoms with E-state index in [4.69, 9.17) is 23.2 Å². The Morgan fingerprint density at radius 3 is 2.42 bits per heavy atom. The van der Waals surface area contributed by atoms with Gasteiger partial charge in [-0.2, -0.15) is 0 Å². The minimum Gasteiger partial charge on any atom is -0.298 e. The smallest absolute Gasteiger partial charge is 0.176 e. The number of rotatable bonds is 6. The van der Waals surface area contributed by atoms with Crippen LogP contribution in [0.25, 0.3) is 0 Å². The topological polar surface area (TPSA) is 54.5 Å². The number of benzene rings is 1. The first-order chi connectivity index (χ1) is 8.69. The van der Waals surface area contributed by atoms with Gasteiger partial charge in [-0.05, 0) is 25.2 Å². The predicted octanol–water partition coefficient (Wildman–Crippen LogP) is 2.15. The quantitative estimate of drug-likeness (QED) is 0.753. The normalized spacial score (nSPS) is 11.8. The summed E-state index contributed by atoms with van der Waals surface area (Å²) in [6.07, 6.45) is 1.17. The van der Waals surface area contributed by atoms with Crippen LogP contribution in [0.4, 0.5) is 0 Å². The average Bonchev–Trinajstić information content (AvgIpc) is 2.29. The maximum Gasteiger partial charge on any atom is 0.176 e. The maximum absolute atomic E-state index is 12.0. The van der Waals surface area contributed by atoms with Gasteiger partial charge in [-0.15, -0.1) is 0 Å². The minimum absolute atomic E-state index is 0.0259. The molecule has 0 bridgehead atoms. The number of ketones is 1. The van der Waals surface area contributed by atoms with Crippen LogP contribution in [0.1, 0.15) is 10.4 Å². The molecule has 106 valence electrons. The second-order valence-electron chi connectivity index (χ2n) is 4.42. The maximum atomic E-state index is 12.0. The highest BCUT2D eigenvalue weighted by Gasteiger charge is 2.12. The Kier molecular flexibility index (Phi) is 5.80. The molecule has 0 atom stereocenters. The van der Waals surface area contributed by atoms with Crippen LogP contribution in [0.5, 0.6) is 0 Å². The van der Waals surface area contributed by atoms with Gasteiger partial charge in [-0.3, -0.25) is 9.69 Å². The number of Topliss-reactive ketones (excluding diaryl/α,β-unsaturated/α-hetero) is 1. The summed E-state index contributed by atoms with van der Waals surface area (Å²) in [6, 6.07) is 4.67. The average molecular weight is 324 g/mol. The first-order valence-corrected chi connectivity index (χ1v) is 8.35. The van der Waals surface area contributed by atoms with Gasteiger partial charge in [0.25, 0.3) is 0 Å². The van der Waals surface area contributed by atoms with Crippen molar-refractivity contribution in [2.24, 2.45) is 0 Å². The molecule has 0 aliphatic carbocycles. The molecule has 0 fully saturated rings. The van der Waals surface area contributed by atoms with Crippen molar-refractivity contribution in [3.63, 3.8) is 0 Å². The summed E-state index contributed by atoms with van der Waals surface area (Å²) in [5.41, 5.74) is 0.459. The van der Waals surface area contributed by atoms with Gasteiger partial charge in [0.05, 0.1) is 22.3 Å². The molecule has 0 heterocycles. The summed E-state index contributed by atoms with van der Waals surface area (Å²) in [4.78, 5) is 13.6. The van der Waals surface area contributed by atoms with Gasteiger partial charge in [0.2, 0.25) is 0 Å². The molecular weight excluding hydrogens is 309 g/mol. The Bertz CT molecular complexity index is 572. The fraction of sp³-hybridized carbons (Fsp3) is 0.417. The number of nitrogens with zero attached hydrogens (tertiary/aromatic N) is 1. The lowest BCUT2D eigenvalue weighted by atomic mass is 10.1. The standard InChI is InChI=1S/C12H15Cl2NO3S/c1-15(5-6-19(2,17)18)8-12(16)9-3-4-10(13)11(14)7-9/h3-4,7H,5-6,8H2,1-2H3. The van der Waals surface area contributed by atoms with E-state index in [0.29, 0.717) is 22.2 Å². The third kappa shape index (κ3) is 5.91. The molecule has 19 heavy (non-hydrogen) atoms. The van der Waals surface area contributed by atoms with Crippen LogP contribution in [0.3, 0.4) is 0 Å². The molecule has 0 aliphatic heterocycles. The molecule has 4 nitrogen and oxygen atoms in total. The van der Waals surface area contributed by atoms with E-state index < -0.39 is 9.84 Å². The van der Waals surface area contributed by atoms with Crippen LogP contribution in [-0.2, 0) is 9.84 Å². The molecule has 7 heteroatoms. The number of hydrogen-bond acceptors (Lipinski definition) is 4. The van der Waals surface area contributed by atoms with E-state index >= 15 is 0 Å². The third-order valence-corrected chi connectivity index (χ3v) is 4.16. The van der Waals surface area contributed by atoms with Crippen LogP contribution >= 0.6 is 23.2 Å². The fourth-order valence-electron chi connectivity index (χ4n) is 1.41. The molecule has 0 aromatic heterocycles. The van der Waals surface area contributed by atoms with Crippen LogP contribution in [0.15, 0.2) is 18.2 Å². The van der Waals surface area contributed by atoms with Crippen molar-refractivity contribution in [1.29, 1.82) is 0 Å². The first-order valence-electron chi connectivity index (χ1n) is 5.53. The zero-order chi connectivity index (χ0) is 14.6. The predicted molar refractivity (Wildman–Crippen MR) is 78.0 cm³/mol. The van der Waals surface area contributed by atoms with Gasteiger partial charge in [0.1, 0.15) is 9.84 Å².